The number of halogens is 1. The zero-order valence-electron chi connectivity index (χ0n) is 15.3. The summed E-state index contributed by atoms with van der Waals surface area (Å²) < 4.78 is 0. The second kappa shape index (κ2) is 7.84. The maximum absolute atomic E-state index is 6.12. The van der Waals surface area contributed by atoms with Crippen LogP contribution in [0.3, 0.4) is 0 Å². The number of nitrogens with one attached hydrogen (secondary N) is 1. The van der Waals surface area contributed by atoms with Crippen molar-refractivity contribution >= 4 is 34.7 Å². The predicted molar refractivity (Wildman–Crippen MR) is 112 cm³/mol. The number of anilines is 4. The molecule has 1 aromatic heterocycles. The molecule has 0 amide bonds. The number of aryl methyl sites for hydroxylation is 1. The summed E-state index contributed by atoms with van der Waals surface area (Å²) >= 11 is 6.12. The van der Waals surface area contributed by atoms with Gasteiger partial charge in [0.25, 0.3) is 0 Å². The molecule has 0 unspecified atom stereocenters. The highest BCUT2D eigenvalue weighted by Gasteiger charge is 2.19. The zero-order valence-corrected chi connectivity index (χ0v) is 16.0. The Labute approximate surface area is 164 Å². The Bertz CT molecular complexity index is 922. The van der Waals surface area contributed by atoms with Crippen LogP contribution in [0.25, 0.3) is 0 Å². The van der Waals surface area contributed by atoms with Gasteiger partial charge in [0.15, 0.2) is 0 Å². The van der Waals surface area contributed by atoms with E-state index in [0.29, 0.717) is 0 Å². The number of rotatable bonds is 4. The number of hydrogen-bond donors (Lipinski definition) is 1. The number of para-hydroxylation sites is 1. The van der Waals surface area contributed by atoms with Crippen LogP contribution in [0.5, 0.6) is 0 Å². The molecule has 6 heteroatoms. The molecule has 0 aliphatic carbocycles. The third-order valence-electron chi connectivity index (χ3n) is 4.79. The average Bonchev–Trinajstić information content (AvgIpc) is 2.70. The quantitative estimate of drug-likeness (QED) is 0.722. The molecule has 0 spiro atoms. The lowest BCUT2D eigenvalue weighted by molar-refractivity contribution is 0.640. The van der Waals surface area contributed by atoms with Crippen LogP contribution in [-0.2, 0) is 0 Å². The van der Waals surface area contributed by atoms with E-state index in [1.165, 1.54) is 5.56 Å². The molecule has 27 heavy (non-hydrogen) atoms. The third kappa shape index (κ3) is 4.14. The SMILES string of the molecule is Cc1ccccc1Nc1ccnc(N2CCN(c3cccc(Cl)c3)CC2)n1. The van der Waals surface area contributed by atoms with Gasteiger partial charge in [-0.25, -0.2) is 4.98 Å². The molecule has 2 heterocycles. The summed E-state index contributed by atoms with van der Waals surface area (Å²) in [6.45, 7) is 5.67. The van der Waals surface area contributed by atoms with Crippen LogP contribution in [0, 0.1) is 6.92 Å². The summed E-state index contributed by atoms with van der Waals surface area (Å²) in [6, 6.07) is 18.1. The van der Waals surface area contributed by atoms with Crippen LogP contribution in [0.2, 0.25) is 5.02 Å². The minimum absolute atomic E-state index is 0.763. The highest BCUT2D eigenvalue weighted by atomic mass is 35.5. The Balaban J connectivity index is 1.43. The third-order valence-corrected chi connectivity index (χ3v) is 5.02. The van der Waals surface area contributed by atoms with Gasteiger partial charge in [-0.1, -0.05) is 35.9 Å². The van der Waals surface area contributed by atoms with Crippen LogP contribution in [0.1, 0.15) is 5.56 Å². The van der Waals surface area contributed by atoms with Gasteiger partial charge in [-0.05, 0) is 42.8 Å². The van der Waals surface area contributed by atoms with Gasteiger partial charge < -0.3 is 15.1 Å². The lowest BCUT2D eigenvalue weighted by Crippen LogP contribution is -2.47. The van der Waals surface area contributed by atoms with Crippen LogP contribution in [0.15, 0.2) is 60.8 Å². The predicted octanol–water partition coefficient (Wildman–Crippen LogP) is 4.51. The molecular weight excluding hydrogens is 358 g/mol. The molecule has 1 N–H and O–H groups in total. The van der Waals surface area contributed by atoms with E-state index in [9.17, 15) is 0 Å². The Hall–Kier alpha value is -2.79. The summed E-state index contributed by atoms with van der Waals surface area (Å²) in [4.78, 5) is 13.8. The maximum Gasteiger partial charge on any atom is 0.227 e. The monoisotopic (exact) mass is 379 g/mol. The average molecular weight is 380 g/mol. The van der Waals surface area contributed by atoms with Crippen LogP contribution >= 0.6 is 11.6 Å². The molecule has 1 aliphatic heterocycles. The van der Waals surface area contributed by atoms with Crippen molar-refractivity contribution < 1.29 is 0 Å². The number of nitrogens with zero attached hydrogens (tertiary/aromatic N) is 4. The van der Waals surface area contributed by atoms with Gasteiger partial charge in [0.2, 0.25) is 5.95 Å². The van der Waals surface area contributed by atoms with E-state index < -0.39 is 0 Å². The lowest BCUT2D eigenvalue weighted by Gasteiger charge is -2.36. The highest BCUT2D eigenvalue weighted by Crippen LogP contribution is 2.23. The van der Waals surface area contributed by atoms with Gasteiger partial charge in [0.1, 0.15) is 5.82 Å². The van der Waals surface area contributed by atoms with E-state index in [2.05, 4.69) is 45.2 Å². The summed E-state index contributed by atoms with van der Waals surface area (Å²) in [6.07, 6.45) is 1.81. The van der Waals surface area contributed by atoms with Crippen molar-refractivity contribution in [1.29, 1.82) is 0 Å². The molecule has 5 nitrogen and oxygen atoms in total. The standard InChI is InChI=1S/C21H22ClN5/c1-16-5-2-3-8-19(16)24-20-9-10-23-21(25-20)27-13-11-26(12-14-27)18-7-4-6-17(22)15-18/h2-10,15H,11-14H2,1H3,(H,23,24,25). The second-order valence-electron chi connectivity index (χ2n) is 6.64. The van der Waals surface area contributed by atoms with Gasteiger partial charge in [0.05, 0.1) is 0 Å². The van der Waals surface area contributed by atoms with Crippen molar-refractivity contribution in [3.8, 4) is 0 Å². The fourth-order valence-corrected chi connectivity index (χ4v) is 3.44. The maximum atomic E-state index is 6.12. The molecular formula is C21H22ClN5. The van der Waals surface area contributed by atoms with E-state index >= 15 is 0 Å². The van der Waals surface area contributed by atoms with Gasteiger partial charge in [-0.3, -0.25) is 0 Å². The number of benzene rings is 2. The summed E-state index contributed by atoms with van der Waals surface area (Å²) in [5.41, 5.74) is 3.42. The summed E-state index contributed by atoms with van der Waals surface area (Å²) in [5.74, 6) is 1.57. The van der Waals surface area contributed by atoms with Gasteiger partial charge in [-0.2, -0.15) is 4.98 Å². The molecule has 0 radical (unpaired) electrons. The van der Waals surface area contributed by atoms with E-state index in [1.54, 1.807) is 0 Å². The first kappa shape index (κ1) is 17.6. The van der Waals surface area contributed by atoms with E-state index in [1.807, 2.05) is 42.6 Å². The number of aromatic nitrogens is 2. The number of piperazine rings is 1. The van der Waals surface area contributed by atoms with Crippen molar-refractivity contribution in [2.45, 2.75) is 6.92 Å². The lowest BCUT2D eigenvalue weighted by atomic mass is 10.2. The van der Waals surface area contributed by atoms with Crippen molar-refractivity contribution in [1.82, 2.24) is 9.97 Å². The fourth-order valence-electron chi connectivity index (χ4n) is 3.26. The summed E-state index contributed by atoms with van der Waals surface area (Å²) in [5, 5.41) is 4.16. The van der Waals surface area contributed by atoms with E-state index in [-0.39, 0.29) is 0 Å². The largest absolute Gasteiger partial charge is 0.368 e. The van der Waals surface area contributed by atoms with Gasteiger partial charge in [0, 0.05) is 48.8 Å². The smallest absolute Gasteiger partial charge is 0.227 e. The fraction of sp³-hybridized carbons (Fsp3) is 0.238. The van der Waals surface area contributed by atoms with E-state index in [4.69, 9.17) is 16.6 Å². The molecule has 2 aromatic carbocycles. The zero-order chi connectivity index (χ0) is 18.6. The highest BCUT2D eigenvalue weighted by molar-refractivity contribution is 6.30. The van der Waals surface area contributed by atoms with Gasteiger partial charge >= 0.3 is 0 Å². The van der Waals surface area contributed by atoms with Crippen LogP contribution in [-0.4, -0.2) is 36.1 Å². The Kier molecular flexibility index (Phi) is 5.12. The second-order valence-corrected chi connectivity index (χ2v) is 7.07. The van der Waals surface area contributed by atoms with Gasteiger partial charge in [-0.15, -0.1) is 0 Å². The topological polar surface area (TPSA) is 44.3 Å². The Morgan fingerprint density at radius 2 is 1.70 bits per heavy atom. The van der Waals surface area contributed by atoms with Crippen molar-refractivity contribution in [3.05, 3.63) is 71.4 Å². The Morgan fingerprint density at radius 1 is 0.926 bits per heavy atom. The molecule has 1 aliphatic rings. The summed E-state index contributed by atoms with van der Waals surface area (Å²) in [7, 11) is 0. The molecule has 4 rings (SSSR count). The van der Waals surface area contributed by atoms with Crippen molar-refractivity contribution in [2.24, 2.45) is 0 Å². The minimum atomic E-state index is 0.763. The van der Waals surface area contributed by atoms with Crippen molar-refractivity contribution in [2.75, 3.05) is 41.3 Å². The molecule has 3 aromatic rings. The molecule has 138 valence electrons. The van der Waals surface area contributed by atoms with E-state index in [0.717, 1.165) is 54.3 Å². The van der Waals surface area contributed by atoms with Crippen LogP contribution < -0.4 is 15.1 Å². The van der Waals surface area contributed by atoms with Crippen LogP contribution in [0.4, 0.5) is 23.1 Å². The number of hydrogen-bond acceptors (Lipinski definition) is 5. The first-order valence-electron chi connectivity index (χ1n) is 9.10. The molecule has 0 bridgehead atoms. The Morgan fingerprint density at radius 3 is 2.48 bits per heavy atom. The molecule has 1 fully saturated rings. The molecule has 1 saturated heterocycles. The minimum Gasteiger partial charge on any atom is -0.368 e. The molecule has 0 atom stereocenters. The van der Waals surface area contributed by atoms with Crippen molar-refractivity contribution in [3.63, 3.8) is 0 Å². The first-order valence-corrected chi connectivity index (χ1v) is 9.48. The molecule has 0 saturated carbocycles. The normalized spacial score (nSPS) is 14.3. The first-order chi connectivity index (χ1) is 13.2.